The van der Waals surface area contributed by atoms with E-state index in [1.165, 1.54) is 0 Å². The van der Waals surface area contributed by atoms with E-state index in [0.29, 0.717) is 0 Å². The van der Waals surface area contributed by atoms with E-state index in [2.05, 4.69) is 0 Å². The molecule has 0 bridgehead atoms. The standard InChI is InChI=1S/C21H21FN2O11S/c1-10(25)32-13-4-6-14(7-5-13)36(30,31)19(22)17-16(33-11(2)26)18(34-12(3)27)20(35-17)24-9-8-15(28)23-21(24)29/h4-9,16-20H,1-3H3,(H,23,28,29)/t16-,17+,18-,19?,20-/m1/s1. The number of aromatic amines is 1. The fourth-order valence-corrected chi connectivity index (χ4v) is 4.89. The molecule has 2 heterocycles. The monoisotopic (exact) mass is 528 g/mol. The first-order valence-electron chi connectivity index (χ1n) is 10.3. The van der Waals surface area contributed by atoms with Crippen LogP contribution in [-0.4, -0.2) is 59.7 Å². The van der Waals surface area contributed by atoms with Gasteiger partial charge in [-0.05, 0) is 24.3 Å². The normalized spacial score (nSPS) is 22.4. The molecule has 15 heteroatoms. The van der Waals surface area contributed by atoms with E-state index in [1.54, 1.807) is 0 Å². The molecule has 194 valence electrons. The molecule has 1 aromatic carbocycles. The Balaban J connectivity index is 2.04. The molecule has 1 saturated heterocycles. The predicted molar refractivity (Wildman–Crippen MR) is 116 cm³/mol. The van der Waals surface area contributed by atoms with Crippen molar-refractivity contribution in [1.29, 1.82) is 0 Å². The van der Waals surface area contributed by atoms with Crippen LogP contribution in [0.3, 0.4) is 0 Å². The van der Waals surface area contributed by atoms with Crippen molar-refractivity contribution in [2.45, 2.75) is 55.7 Å². The van der Waals surface area contributed by atoms with E-state index < -0.39 is 73.9 Å². The second kappa shape index (κ2) is 10.4. The van der Waals surface area contributed by atoms with E-state index in [1.807, 2.05) is 4.98 Å². The maximum atomic E-state index is 15.7. The summed E-state index contributed by atoms with van der Waals surface area (Å²) in [6.07, 6.45) is -6.20. The molecule has 1 unspecified atom stereocenters. The lowest BCUT2D eigenvalue weighted by Gasteiger charge is -2.24. The van der Waals surface area contributed by atoms with Gasteiger partial charge < -0.3 is 18.9 Å². The number of nitrogens with one attached hydrogen (secondary N) is 1. The first-order chi connectivity index (χ1) is 16.8. The van der Waals surface area contributed by atoms with Crippen LogP contribution < -0.4 is 16.0 Å². The van der Waals surface area contributed by atoms with E-state index in [4.69, 9.17) is 18.9 Å². The number of esters is 3. The van der Waals surface area contributed by atoms with E-state index in [-0.39, 0.29) is 5.75 Å². The zero-order chi connectivity index (χ0) is 26.8. The molecule has 1 aliphatic heterocycles. The minimum atomic E-state index is -4.82. The molecule has 0 spiro atoms. The quantitative estimate of drug-likeness (QED) is 0.378. The summed E-state index contributed by atoms with van der Waals surface area (Å²) in [5, 5.41) is 0. The summed E-state index contributed by atoms with van der Waals surface area (Å²) in [7, 11) is -4.82. The molecule has 36 heavy (non-hydrogen) atoms. The molecule has 0 amide bonds. The van der Waals surface area contributed by atoms with Gasteiger partial charge in [0.2, 0.25) is 15.3 Å². The van der Waals surface area contributed by atoms with Crippen molar-refractivity contribution in [2.75, 3.05) is 0 Å². The van der Waals surface area contributed by atoms with Gasteiger partial charge in [-0.2, -0.15) is 0 Å². The third kappa shape index (κ3) is 5.68. The average Bonchev–Trinajstić information content (AvgIpc) is 3.09. The number of rotatable bonds is 7. The minimum Gasteiger partial charge on any atom is -0.455 e. The van der Waals surface area contributed by atoms with Crippen molar-refractivity contribution in [3.8, 4) is 5.75 Å². The van der Waals surface area contributed by atoms with Crippen LogP contribution in [0, 0.1) is 0 Å². The van der Waals surface area contributed by atoms with Crippen molar-refractivity contribution >= 4 is 27.7 Å². The minimum absolute atomic E-state index is 0.0131. The fourth-order valence-electron chi connectivity index (χ4n) is 3.54. The highest BCUT2D eigenvalue weighted by Crippen LogP contribution is 2.38. The van der Waals surface area contributed by atoms with Gasteiger partial charge in [0.25, 0.3) is 5.56 Å². The summed E-state index contributed by atoms with van der Waals surface area (Å²) in [5.41, 5.74) is -4.68. The Bertz CT molecular complexity index is 1380. The van der Waals surface area contributed by atoms with E-state index >= 15 is 4.39 Å². The summed E-state index contributed by atoms with van der Waals surface area (Å²) >= 11 is 0. The summed E-state index contributed by atoms with van der Waals surface area (Å²) < 4.78 is 63.0. The first kappa shape index (κ1) is 26.7. The Kier molecular flexibility index (Phi) is 7.74. The summed E-state index contributed by atoms with van der Waals surface area (Å²) in [4.78, 5) is 59.7. The van der Waals surface area contributed by atoms with Crippen LogP contribution in [0.5, 0.6) is 5.75 Å². The number of hydrogen-bond acceptors (Lipinski definition) is 11. The van der Waals surface area contributed by atoms with Crippen LogP contribution in [0.25, 0.3) is 0 Å². The number of alkyl halides is 1. The Morgan fingerprint density at radius 3 is 2.08 bits per heavy atom. The van der Waals surface area contributed by atoms with Crippen LogP contribution in [0.2, 0.25) is 0 Å². The van der Waals surface area contributed by atoms with Crippen LogP contribution in [0.1, 0.15) is 27.0 Å². The number of carbonyl (C=O) groups excluding carboxylic acids is 3. The second-order valence-corrected chi connectivity index (χ2v) is 9.63. The van der Waals surface area contributed by atoms with Crippen LogP contribution in [-0.2, 0) is 38.4 Å². The SMILES string of the molecule is CC(=O)Oc1ccc(S(=O)(=O)C(F)[C@H]2O[C@@H](n3ccc(=O)[nH]c3=O)[C@H](OC(C)=O)[C@@H]2OC(C)=O)cc1. The summed E-state index contributed by atoms with van der Waals surface area (Å²) in [6.45, 7) is 3.08. The molecule has 1 fully saturated rings. The van der Waals surface area contributed by atoms with Crippen molar-refractivity contribution in [1.82, 2.24) is 9.55 Å². The molecule has 3 rings (SSSR count). The van der Waals surface area contributed by atoms with Crippen molar-refractivity contribution < 1.29 is 46.1 Å². The Morgan fingerprint density at radius 2 is 1.56 bits per heavy atom. The van der Waals surface area contributed by atoms with Gasteiger partial charge in [-0.1, -0.05) is 0 Å². The van der Waals surface area contributed by atoms with Crippen molar-refractivity contribution in [3.05, 3.63) is 57.4 Å². The molecule has 5 atom stereocenters. The second-order valence-electron chi connectivity index (χ2n) is 7.62. The van der Waals surface area contributed by atoms with Gasteiger partial charge in [-0.3, -0.25) is 28.7 Å². The number of halogens is 1. The number of benzene rings is 1. The predicted octanol–water partition coefficient (Wildman–Crippen LogP) is -0.00780. The van der Waals surface area contributed by atoms with Crippen LogP contribution in [0.4, 0.5) is 4.39 Å². The number of hydrogen-bond donors (Lipinski definition) is 1. The zero-order valence-corrected chi connectivity index (χ0v) is 19.9. The maximum Gasteiger partial charge on any atom is 0.330 e. The molecule has 0 aliphatic carbocycles. The lowest BCUT2D eigenvalue weighted by atomic mass is 10.1. The third-order valence-electron chi connectivity index (χ3n) is 4.92. The molecule has 1 N–H and O–H groups in total. The van der Waals surface area contributed by atoms with Gasteiger partial charge in [0.15, 0.2) is 18.4 Å². The molecule has 1 aliphatic rings. The third-order valence-corrected chi connectivity index (χ3v) is 6.71. The van der Waals surface area contributed by atoms with Crippen LogP contribution >= 0.6 is 0 Å². The molecule has 2 aromatic rings. The number of aromatic nitrogens is 2. The zero-order valence-electron chi connectivity index (χ0n) is 19.1. The molecular weight excluding hydrogens is 507 g/mol. The maximum absolute atomic E-state index is 15.7. The smallest absolute Gasteiger partial charge is 0.330 e. The van der Waals surface area contributed by atoms with E-state index in [9.17, 15) is 32.4 Å². The fraction of sp³-hybridized carbons (Fsp3) is 0.381. The Labute approximate surface area is 202 Å². The van der Waals surface area contributed by atoms with Gasteiger partial charge in [0.05, 0.1) is 4.90 Å². The average molecular weight is 528 g/mol. The van der Waals surface area contributed by atoms with Crippen molar-refractivity contribution in [2.24, 2.45) is 0 Å². The number of carbonyl (C=O) groups is 3. The van der Waals surface area contributed by atoms with Gasteiger partial charge in [-0.25, -0.2) is 17.6 Å². The lowest BCUT2D eigenvalue weighted by Crippen LogP contribution is -2.45. The Hall–Kier alpha value is -3.85. The summed E-state index contributed by atoms with van der Waals surface area (Å²) in [5.74, 6) is -2.55. The molecular formula is C21H21FN2O11S. The highest BCUT2D eigenvalue weighted by atomic mass is 32.2. The number of ether oxygens (including phenoxy) is 4. The summed E-state index contributed by atoms with van der Waals surface area (Å²) in [6, 6.07) is 5.17. The molecule has 13 nitrogen and oxygen atoms in total. The largest absolute Gasteiger partial charge is 0.455 e. The van der Waals surface area contributed by atoms with Gasteiger partial charge in [0, 0.05) is 33.0 Å². The molecule has 0 saturated carbocycles. The highest BCUT2D eigenvalue weighted by Gasteiger charge is 2.56. The van der Waals surface area contributed by atoms with Gasteiger partial charge in [-0.15, -0.1) is 0 Å². The topological polar surface area (TPSA) is 177 Å². The van der Waals surface area contributed by atoms with Crippen molar-refractivity contribution in [3.63, 3.8) is 0 Å². The van der Waals surface area contributed by atoms with Gasteiger partial charge >= 0.3 is 23.6 Å². The number of sulfone groups is 1. The Morgan fingerprint density at radius 1 is 0.972 bits per heavy atom. The lowest BCUT2D eigenvalue weighted by molar-refractivity contribution is -0.165. The molecule has 0 radical (unpaired) electrons. The van der Waals surface area contributed by atoms with E-state index in [0.717, 1.165) is 61.9 Å². The molecule has 1 aromatic heterocycles. The highest BCUT2D eigenvalue weighted by molar-refractivity contribution is 7.92. The number of nitrogens with zero attached hydrogens (tertiary/aromatic N) is 1. The number of H-pyrrole nitrogens is 1. The van der Waals surface area contributed by atoms with Gasteiger partial charge in [0.1, 0.15) is 11.9 Å². The van der Waals surface area contributed by atoms with Crippen LogP contribution in [0.15, 0.2) is 51.0 Å². The first-order valence-corrected chi connectivity index (χ1v) is 11.8.